The van der Waals surface area contributed by atoms with Crippen molar-refractivity contribution >= 4 is 27.5 Å². The molecule has 0 bridgehead atoms. The number of nitrogens with two attached hydrogens (primary N) is 1. The largest absolute Gasteiger partial charge is 0.323 e. The van der Waals surface area contributed by atoms with Crippen LogP contribution >= 0.6 is 15.9 Å². The van der Waals surface area contributed by atoms with Crippen LogP contribution in [-0.2, 0) is 4.79 Å². The number of rotatable bonds is 2. The summed E-state index contributed by atoms with van der Waals surface area (Å²) in [4.78, 5) is 11.6. The second kappa shape index (κ2) is 3.57. The van der Waals surface area contributed by atoms with Crippen LogP contribution in [0.1, 0.15) is 12.8 Å². The van der Waals surface area contributed by atoms with Gasteiger partial charge in [-0.15, -0.1) is 0 Å². The number of halogens is 2. The van der Waals surface area contributed by atoms with Crippen molar-refractivity contribution in [2.75, 3.05) is 5.32 Å². The maximum absolute atomic E-state index is 12.9. The molecule has 3 nitrogen and oxygen atoms in total. The standard InChI is InChI=1S/C10H10BrFN2O/c11-7-2-1-6(12)5-8(7)14-9(15)10(13)3-4-10/h1-2,5H,3-4,13H2,(H,14,15). The summed E-state index contributed by atoms with van der Waals surface area (Å²) in [7, 11) is 0. The average molecular weight is 273 g/mol. The van der Waals surface area contributed by atoms with E-state index in [2.05, 4.69) is 21.2 Å². The number of hydrogen-bond donors (Lipinski definition) is 2. The van der Waals surface area contributed by atoms with E-state index in [0.29, 0.717) is 23.0 Å². The summed E-state index contributed by atoms with van der Waals surface area (Å²) in [5.74, 6) is -0.649. The molecule has 0 aromatic heterocycles. The second-order valence-corrected chi connectivity index (χ2v) is 4.59. The second-order valence-electron chi connectivity index (χ2n) is 3.73. The number of carbonyl (C=O) groups is 1. The molecule has 0 heterocycles. The Hall–Kier alpha value is -0.940. The molecule has 0 radical (unpaired) electrons. The number of benzene rings is 1. The Morgan fingerprint density at radius 1 is 1.53 bits per heavy atom. The molecule has 3 N–H and O–H groups in total. The Kier molecular flexibility index (Phi) is 2.52. The molecule has 0 saturated heterocycles. The van der Waals surface area contributed by atoms with Gasteiger partial charge in [0.2, 0.25) is 5.91 Å². The van der Waals surface area contributed by atoms with Gasteiger partial charge in [-0.05, 0) is 47.0 Å². The number of nitrogens with one attached hydrogen (secondary N) is 1. The molecule has 0 spiro atoms. The summed E-state index contributed by atoms with van der Waals surface area (Å²) in [6.45, 7) is 0. The third kappa shape index (κ3) is 2.18. The molecule has 2 rings (SSSR count). The summed E-state index contributed by atoms with van der Waals surface area (Å²) < 4.78 is 13.5. The predicted octanol–water partition coefficient (Wildman–Crippen LogP) is 2.02. The zero-order valence-electron chi connectivity index (χ0n) is 7.89. The molecular formula is C10H10BrFN2O. The molecule has 1 aromatic carbocycles. The van der Waals surface area contributed by atoms with Crippen LogP contribution < -0.4 is 11.1 Å². The summed E-state index contributed by atoms with van der Waals surface area (Å²) in [6.07, 6.45) is 1.37. The third-order valence-electron chi connectivity index (χ3n) is 2.42. The van der Waals surface area contributed by atoms with Crippen LogP contribution in [0, 0.1) is 5.82 Å². The van der Waals surface area contributed by atoms with E-state index in [0.717, 1.165) is 0 Å². The number of hydrogen-bond acceptors (Lipinski definition) is 2. The number of amides is 1. The lowest BCUT2D eigenvalue weighted by molar-refractivity contribution is -0.118. The molecule has 1 amide bonds. The molecule has 1 aromatic rings. The van der Waals surface area contributed by atoms with Crippen molar-refractivity contribution in [1.29, 1.82) is 0 Å². The Labute approximate surface area is 95.0 Å². The van der Waals surface area contributed by atoms with Gasteiger partial charge in [-0.25, -0.2) is 4.39 Å². The minimum absolute atomic E-state index is 0.256. The Morgan fingerprint density at radius 3 is 2.80 bits per heavy atom. The van der Waals surface area contributed by atoms with Gasteiger partial charge in [-0.3, -0.25) is 4.79 Å². The van der Waals surface area contributed by atoms with E-state index in [4.69, 9.17) is 5.73 Å². The Balaban J connectivity index is 2.16. The van der Waals surface area contributed by atoms with E-state index in [9.17, 15) is 9.18 Å². The fourth-order valence-corrected chi connectivity index (χ4v) is 1.55. The molecular weight excluding hydrogens is 263 g/mol. The van der Waals surface area contributed by atoms with Crippen molar-refractivity contribution in [1.82, 2.24) is 0 Å². The minimum Gasteiger partial charge on any atom is -0.323 e. The highest BCUT2D eigenvalue weighted by atomic mass is 79.9. The normalized spacial score (nSPS) is 17.3. The van der Waals surface area contributed by atoms with Gasteiger partial charge in [0, 0.05) is 4.47 Å². The fraction of sp³-hybridized carbons (Fsp3) is 0.300. The topological polar surface area (TPSA) is 55.1 Å². The SMILES string of the molecule is NC1(C(=O)Nc2cc(F)ccc2Br)CC1. The van der Waals surface area contributed by atoms with Gasteiger partial charge in [-0.2, -0.15) is 0 Å². The fourth-order valence-electron chi connectivity index (χ4n) is 1.20. The predicted molar refractivity (Wildman–Crippen MR) is 58.9 cm³/mol. The van der Waals surface area contributed by atoms with E-state index in [-0.39, 0.29) is 5.91 Å². The Morgan fingerprint density at radius 2 is 2.20 bits per heavy atom. The van der Waals surface area contributed by atoms with E-state index in [1.54, 1.807) is 6.07 Å². The molecule has 0 atom stereocenters. The van der Waals surface area contributed by atoms with E-state index in [1.807, 2.05) is 0 Å². The summed E-state index contributed by atoms with van der Waals surface area (Å²) >= 11 is 3.22. The Bertz CT molecular complexity index is 418. The van der Waals surface area contributed by atoms with Crippen molar-refractivity contribution < 1.29 is 9.18 Å². The van der Waals surface area contributed by atoms with Crippen molar-refractivity contribution in [2.45, 2.75) is 18.4 Å². The highest BCUT2D eigenvalue weighted by molar-refractivity contribution is 9.10. The van der Waals surface area contributed by atoms with Gasteiger partial charge in [0.1, 0.15) is 5.82 Å². The van der Waals surface area contributed by atoms with Crippen molar-refractivity contribution in [3.05, 3.63) is 28.5 Å². The average Bonchev–Trinajstić information content (AvgIpc) is 2.91. The monoisotopic (exact) mass is 272 g/mol. The molecule has 80 valence electrons. The molecule has 0 aliphatic heterocycles. The van der Waals surface area contributed by atoms with Crippen LogP contribution in [0.15, 0.2) is 22.7 Å². The van der Waals surface area contributed by atoms with E-state index >= 15 is 0 Å². The molecule has 1 aliphatic carbocycles. The molecule has 1 saturated carbocycles. The first kappa shape index (κ1) is 10.6. The van der Waals surface area contributed by atoms with Crippen LogP contribution in [0.25, 0.3) is 0 Å². The van der Waals surface area contributed by atoms with Gasteiger partial charge >= 0.3 is 0 Å². The third-order valence-corrected chi connectivity index (χ3v) is 3.11. The van der Waals surface area contributed by atoms with Gasteiger partial charge in [-0.1, -0.05) is 0 Å². The minimum atomic E-state index is -0.744. The quantitative estimate of drug-likeness (QED) is 0.866. The molecule has 15 heavy (non-hydrogen) atoms. The molecule has 5 heteroatoms. The van der Waals surface area contributed by atoms with Crippen LogP contribution in [0.3, 0.4) is 0 Å². The van der Waals surface area contributed by atoms with E-state index in [1.165, 1.54) is 12.1 Å². The van der Waals surface area contributed by atoms with Crippen molar-refractivity contribution in [3.63, 3.8) is 0 Å². The first-order valence-electron chi connectivity index (χ1n) is 4.57. The van der Waals surface area contributed by atoms with Crippen LogP contribution in [0.5, 0.6) is 0 Å². The summed E-state index contributed by atoms with van der Waals surface area (Å²) in [5.41, 5.74) is 5.37. The molecule has 1 fully saturated rings. The van der Waals surface area contributed by atoms with E-state index < -0.39 is 11.4 Å². The van der Waals surface area contributed by atoms with Crippen molar-refractivity contribution in [2.24, 2.45) is 5.73 Å². The molecule has 0 unspecified atom stereocenters. The number of anilines is 1. The van der Waals surface area contributed by atoms with Gasteiger partial charge in [0.05, 0.1) is 11.2 Å². The lowest BCUT2D eigenvalue weighted by Crippen LogP contribution is -2.37. The highest BCUT2D eigenvalue weighted by Gasteiger charge is 2.46. The highest BCUT2D eigenvalue weighted by Crippen LogP contribution is 2.34. The first-order valence-corrected chi connectivity index (χ1v) is 5.36. The van der Waals surface area contributed by atoms with Crippen LogP contribution in [0.2, 0.25) is 0 Å². The maximum Gasteiger partial charge on any atom is 0.244 e. The van der Waals surface area contributed by atoms with Gasteiger partial charge in [0.15, 0.2) is 0 Å². The lowest BCUT2D eigenvalue weighted by Gasteiger charge is -2.11. The summed E-state index contributed by atoms with van der Waals surface area (Å²) in [5, 5.41) is 2.60. The number of carbonyl (C=O) groups excluding carboxylic acids is 1. The molecule has 1 aliphatic rings. The maximum atomic E-state index is 12.9. The zero-order chi connectivity index (χ0) is 11.1. The van der Waals surface area contributed by atoms with Crippen LogP contribution in [-0.4, -0.2) is 11.4 Å². The zero-order valence-corrected chi connectivity index (χ0v) is 9.47. The lowest BCUT2D eigenvalue weighted by atomic mass is 10.2. The first-order chi connectivity index (χ1) is 7.01. The van der Waals surface area contributed by atoms with Gasteiger partial charge < -0.3 is 11.1 Å². The van der Waals surface area contributed by atoms with Gasteiger partial charge in [0.25, 0.3) is 0 Å². The van der Waals surface area contributed by atoms with Crippen molar-refractivity contribution in [3.8, 4) is 0 Å². The smallest absolute Gasteiger partial charge is 0.244 e. The summed E-state index contributed by atoms with van der Waals surface area (Å²) in [6, 6.07) is 4.11. The van der Waals surface area contributed by atoms with Crippen LogP contribution in [0.4, 0.5) is 10.1 Å².